The van der Waals surface area contributed by atoms with Gasteiger partial charge in [0.05, 0.1) is 14.2 Å². The lowest BCUT2D eigenvalue weighted by atomic mass is 10.0. The number of benzene rings is 1. The predicted octanol–water partition coefficient (Wildman–Crippen LogP) is 2.40. The summed E-state index contributed by atoms with van der Waals surface area (Å²) >= 11 is 0. The molecule has 5 nitrogen and oxygen atoms in total. The number of amides is 1. The van der Waals surface area contributed by atoms with Crippen molar-refractivity contribution in [1.82, 2.24) is 9.80 Å². The van der Waals surface area contributed by atoms with Crippen molar-refractivity contribution >= 4 is 5.91 Å². The summed E-state index contributed by atoms with van der Waals surface area (Å²) in [5.41, 5.74) is 0.640. The van der Waals surface area contributed by atoms with Crippen molar-refractivity contribution in [3.8, 4) is 11.5 Å². The van der Waals surface area contributed by atoms with E-state index in [1.165, 1.54) is 25.9 Å². The van der Waals surface area contributed by atoms with E-state index in [-0.39, 0.29) is 5.91 Å². The maximum Gasteiger partial charge on any atom is 0.254 e. The van der Waals surface area contributed by atoms with Gasteiger partial charge in [-0.1, -0.05) is 0 Å². The number of nitrogens with zero attached hydrogens (tertiary/aromatic N) is 2. The lowest BCUT2D eigenvalue weighted by molar-refractivity contribution is 0.0644. The summed E-state index contributed by atoms with van der Waals surface area (Å²) in [5, 5.41) is 0. The molecule has 0 N–H and O–H groups in total. The Morgan fingerprint density at radius 2 is 1.52 bits per heavy atom. The van der Waals surface area contributed by atoms with Crippen molar-refractivity contribution in [2.75, 3.05) is 40.4 Å². The van der Waals surface area contributed by atoms with Crippen molar-refractivity contribution < 1.29 is 14.3 Å². The normalized spacial score (nSPS) is 19.8. The number of hydrogen-bond donors (Lipinski definition) is 0. The first-order valence-corrected chi connectivity index (χ1v) is 8.47. The van der Waals surface area contributed by atoms with Gasteiger partial charge in [0.2, 0.25) is 0 Å². The molecule has 2 aliphatic rings. The highest BCUT2D eigenvalue weighted by Gasteiger charge is 2.28. The van der Waals surface area contributed by atoms with Crippen molar-refractivity contribution in [2.24, 2.45) is 0 Å². The Balaban J connectivity index is 1.65. The van der Waals surface area contributed by atoms with Crippen LogP contribution in [0, 0.1) is 0 Å². The van der Waals surface area contributed by atoms with E-state index in [0.29, 0.717) is 23.1 Å². The van der Waals surface area contributed by atoms with Gasteiger partial charge in [0.25, 0.3) is 5.91 Å². The molecule has 2 fully saturated rings. The van der Waals surface area contributed by atoms with Crippen LogP contribution in [0.4, 0.5) is 0 Å². The van der Waals surface area contributed by atoms with Gasteiger partial charge in [0.1, 0.15) is 11.5 Å². The number of piperidine rings is 1. The number of carbonyl (C=O) groups is 1. The Hall–Kier alpha value is -1.75. The highest BCUT2D eigenvalue weighted by Crippen LogP contribution is 2.26. The van der Waals surface area contributed by atoms with E-state index >= 15 is 0 Å². The second kappa shape index (κ2) is 7.21. The number of hydrogen-bond acceptors (Lipinski definition) is 4. The summed E-state index contributed by atoms with van der Waals surface area (Å²) in [7, 11) is 3.20. The predicted molar refractivity (Wildman–Crippen MR) is 89.3 cm³/mol. The first-order chi connectivity index (χ1) is 11.2. The molecular weight excluding hydrogens is 292 g/mol. The molecule has 2 saturated heterocycles. The molecule has 0 radical (unpaired) electrons. The Bertz CT molecular complexity index is 525. The minimum atomic E-state index is 0.0714. The molecule has 3 rings (SSSR count). The fourth-order valence-electron chi connectivity index (χ4n) is 3.65. The lowest BCUT2D eigenvalue weighted by Gasteiger charge is -2.36. The van der Waals surface area contributed by atoms with Gasteiger partial charge < -0.3 is 19.3 Å². The molecule has 2 aliphatic heterocycles. The second-order valence-corrected chi connectivity index (χ2v) is 6.37. The molecule has 0 aliphatic carbocycles. The van der Waals surface area contributed by atoms with Crippen LogP contribution in [0.15, 0.2) is 18.2 Å². The van der Waals surface area contributed by atoms with Crippen LogP contribution in [0.1, 0.15) is 36.0 Å². The Kier molecular flexibility index (Phi) is 5.06. The lowest BCUT2D eigenvalue weighted by Crippen LogP contribution is -2.45. The molecule has 0 unspecified atom stereocenters. The third-order valence-electron chi connectivity index (χ3n) is 5.01. The molecule has 0 spiro atoms. The standard InChI is InChI=1S/C18H26N2O3/c1-22-16-11-14(12-17(13-16)23-2)18(21)20-9-5-15(6-10-20)19-7-3-4-8-19/h11-13,15H,3-10H2,1-2H3. The van der Waals surface area contributed by atoms with Gasteiger partial charge in [-0.25, -0.2) is 0 Å². The van der Waals surface area contributed by atoms with Crippen LogP contribution in [-0.4, -0.2) is 62.1 Å². The van der Waals surface area contributed by atoms with E-state index in [1.54, 1.807) is 32.4 Å². The van der Waals surface area contributed by atoms with Gasteiger partial charge in [-0.15, -0.1) is 0 Å². The molecule has 2 heterocycles. The number of methoxy groups -OCH3 is 2. The van der Waals surface area contributed by atoms with E-state index in [4.69, 9.17) is 9.47 Å². The van der Waals surface area contributed by atoms with Crippen molar-refractivity contribution in [1.29, 1.82) is 0 Å². The first kappa shape index (κ1) is 16.1. The van der Waals surface area contributed by atoms with Crippen molar-refractivity contribution in [3.05, 3.63) is 23.8 Å². The van der Waals surface area contributed by atoms with E-state index < -0.39 is 0 Å². The van der Waals surface area contributed by atoms with Crippen molar-refractivity contribution in [3.63, 3.8) is 0 Å². The van der Waals surface area contributed by atoms with Gasteiger partial charge in [-0.05, 0) is 50.9 Å². The van der Waals surface area contributed by atoms with Crippen LogP contribution >= 0.6 is 0 Å². The van der Waals surface area contributed by atoms with Gasteiger partial charge in [0, 0.05) is 30.8 Å². The zero-order valence-corrected chi connectivity index (χ0v) is 14.1. The minimum Gasteiger partial charge on any atom is -0.497 e. The summed E-state index contributed by atoms with van der Waals surface area (Å²) in [6.07, 6.45) is 4.80. The van der Waals surface area contributed by atoms with Gasteiger partial charge >= 0.3 is 0 Å². The summed E-state index contributed by atoms with van der Waals surface area (Å²) in [6, 6.07) is 6.02. The molecule has 0 saturated carbocycles. The number of carbonyl (C=O) groups excluding carboxylic acids is 1. The maximum absolute atomic E-state index is 12.8. The fraction of sp³-hybridized carbons (Fsp3) is 0.611. The monoisotopic (exact) mass is 318 g/mol. The molecule has 1 aromatic rings. The molecule has 5 heteroatoms. The van der Waals surface area contributed by atoms with Crippen LogP contribution in [0.25, 0.3) is 0 Å². The molecule has 0 bridgehead atoms. The van der Waals surface area contributed by atoms with E-state index in [9.17, 15) is 4.79 Å². The molecule has 0 atom stereocenters. The largest absolute Gasteiger partial charge is 0.497 e. The number of ether oxygens (including phenoxy) is 2. The molecular formula is C18H26N2O3. The summed E-state index contributed by atoms with van der Waals surface area (Å²) in [6.45, 7) is 4.12. The quantitative estimate of drug-likeness (QED) is 0.855. The Morgan fingerprint density at radius 3 is 2.04 bits per heavy atom. The van der Waals surface area contributed by atoms with Crippen LogP contribution in [0.3, 0.4) is 0 Å². The smallest absolute Gasteiger partial charge is 0.254 e. The average molecular weight is 318 g/mol. The van der Waals surface area contributed by atoms with Gasteiger partial charge in [0.15, 0.2) is 0 Å². The molecule has 1 aromatic carbocycles. The van der Waals surface area contributed by atoms with Crippen LogP contribution in [0.2, 0.25) is 0 Å². The van der Waals surface area contributed by atoms with E-state index in [1.807, 2.05) is 4.90 Å². The minimum absolute atomic E-state index is 0.0714. The third kappa shape index (κ3) is 3.61. The van der Waals surface area contributed by atoms with Gasteiger partial charge in [-0.2, -0.15) is 0 Å². The highest BCUT2D eigenvalue weighted by molar-refractivity contribution is 5.95. The zero-order valence-electron chi connectivity index (χ0n) is 14.1. The van der Waals surface area contributed by atoms with Gasteiger partial charge in [-0.3, -0.25) is 4.79 Å². The van der Waals surface area contributed by atoms with Crippen LogP contribution in [-0.2, 0) is 0 Å². The summed E-state index contributed by atoms with van der Waals surface area (Å²) < 4.78 is 10.5. The molecule has 0 aromatic heterocycles. The third-order valence-corrected chi connectivity index (χ3v) is 5.01. The second-order valence-electron chi connectivity index (χ2n) is 6.37. The molecule has 126 valence electrons. The molecule has 23 heavy (non-hydrogen) atoms. The Morgan fingerprint density at radius 1 is 0.957 bits per heavy atom. The topological polar surface area (TPSA) is 42.0 Å². The van der Waals surface area contributed by atoms with E-state index in [2.05, 4.69) is 4.90 Å². The van der Waals surface area contributed by atoms with Crippen LogP contribution < -0.4 is 9.47 Å². The SMILES string of the molecule is COc1cc(OC)cc(C(=O)N2CCC(N3CCCC3)CC2)c1. The fourth-order valence-corrected chi connectivity index (χ4v) is 3.65. The maximum atomic E-state index is 12.8. The highest BCUT2D eigenvalue weighted by atomic mass is 16.5. The van der Waals surface area contributed by atoms with Crippen molar-refractivity contribution in [2.45, 2.75) is 31.7 Å². The summed E-state index contributed by atoms with van der Waals surface area (Å²) in [5.74, 6) is 1.38. The Labute approximate surface area is 138 Å². The first-order valence-electron chi connectivity index (χ1n) is 8.47. The number of likely N-dealkylation sites (tertiary alicyclic amines) is 2. The average Bonchev–Trinajstić information content (AvgIpc) is 3.15. The summed E-state index contributed by atoms with van der Waals surface area (Å²) in [4.78, 5) is 17.3. The van der Waals surface area contributed by atoms with Crippen LogP contribution in [0.5, 0.6) is 11.5 Å². The molecule has 1 amide bonds. The number of rotatable bonds is 4. The van der Waals surface area contributed by atoms with E-state index in [0.717, 1.165) is 25.9 Å². The zero-order chi connectivity index (χ0) is 16.2.